The minimum atomic E-state index is -0.575. The highest BCUT2D eigenvalue weighted by Gasteiger charge is 2.35. The van der Waals surface area contributed by atoms with E-state index < -0.39 is 11.9 Å². The monoisotopic (exact) mass is 390 g/mol. The first kappa shape index (κ1) is 18.3. The van der Waals surface area contributed by atoms with Crippen molar-refractivity contribution in [3.05, 3.63) is 82.5 Å². The number of H-pyrrole nitrogens is 1. The first-order chi connectivity index (χ1) is 14.0. The number of nitriles is 1. The number of aromatic amines is 1. The Morgan fingerprint density at radius 1 is 1.24 bits per heavy atom. The zero-order chi connectivity index (χ0) is 20.5. The molecule has 0 saturated carbocycles. The van der Waals surface area contributed by atoms with Gasteiger partial charge in [-0.15, -0.1) is 5.10 Å². The maximum atomic E-state index is 13.4. The third-order valence-corrected chi connectivity index (χ3v) is 4.74. The van der Waals surface area contributed by atoms with Crippen LogP contribution in [0.25, 0.3) is 11.3 Å². The summed E-state index contributed by atoms with van der Waals surface area (Å²) in [5.41, 5.74) is 9.14. The van der Waals surface area contributed by atoms with Gasteiger partial charge >= 0.3 is 5.97 Å². The number of hydrogen-bond acceptors (Lipinski definition) is 6. The number of nitrogens with zero attached hydrogens (tertiary/aromatic N) is 2. The number of halogens is 1. The zero-order valence-electron chi connectivity index (χ0n) is 15.3. The lowest BCUT2D eigenvalue weighted by atomic mass is 9.83. The van der Waals surface area contributed by atoms with E-state index in [1.807, 2.05) is 0 Å². The lowest BCUT2D eigenvalue weighted by molar-refractivity contribution is 0.0600. The van der Waals surface area contributed by atoms with Crippen LogP contribution in [0.2, 0.25) is 0 Å². The van der Waals surface area contributed by atoms with Gasteiger partial charge in [0, 0.05) is 5.56 Å². The van der Waals surface area contributed by atoms with E-state index in [1.54, 1.807) is 36.4 Å². The van der Waals surface area contributed by atoms with E-state index in [0.29, 0.717) is 27.9 Å². The fraction of sp³-hybridized carbons (Fsp3) is 0.0952. The standard InChI is InChI=1S/C21H15FN4O3/c1-28-21(27)13-4-2-11(3-5-13)16-15(10-23)19(24)29-20-17(16)18(25-26-20)12-6-8-14(22)9-7-12/h2-9,16H,24H2,1H3,(H,25,26). The number of allylic oxidation sites excluding steroid dienone is 1. The number of nitrogens with one attached hydrogen (secondary N) is 1. The normalized spacial score (nSPS) is 15.3. The average molecular weight is 390 g/mol. The van der Waals surface area contributed by atoms with Crippen molar-refractivity contribution in [2.24, 2.45) is 5.73 Å². The molecule has 1 aliphatic rings. The van der Waals surface area contributed by atoms with E-state index in [9.17, 15) is 14.4 Å². The second-order valence-corrected chi connectivity index (χ2v) is 6.36. The molecule has 4 rings (SSSR count). The third kappa shape index (κ3) is 3.08. The van der Waals surface area contributed by atoms with E-state index in [4.69, 9.17) is 15.2 Å². The molecule has 1 aromatic heterocycles. The molecule has 144 valence electrons. The van der Waals surface area contributed by atoms with Gasteiger partial charge in [0.2, 0.25) is 11.8 Å². The van der Waals surface area contributed by atoms with Crippen LogP contribution in [0.4, 0.5) is 4.39 Å². The summed E-state index contributed by atoms with van der Waals surface area (Å²) in [6, 6.07) is 14.6. The third-order valence-electron chi connectivity index (χ3n) is 4.74. The Kier molecular flexibility index (Phi) is 4.49. The van der Waals surface area contributed by atoms with Crippen molar-refractivity contribution in [1.29, 1.82) is 5.26 Å². The maximum absolute atomic E-state index is 13.4. The Hall–Kier alpha value is -4.12. The zero-order valence-corrected chi connectivity index (χ0v) is 15.3. The molecular formula is C21H15FN4O3. The van der Waals surface area contributed by atoms with Crippen LogP contribution in [-0.2, 0) is 4.74 Å². The number of aromatic nitrogens is 2. The number of ether oxygens (including phenoxy) is 2. The summed E-state index contributed by atoms with van der Waals surface area (Å²) in [6.07, 6.45) is 0. The van der Waals surface area contributed by atoms with Crippen LogP contribution in [0.1, 0.15) is 27.4 Å². The summed E-state index contributed by atoms with van der Waals surface area (Å²) in [4.78, 5) is 11.7. The first-order valence-electron chi connectivity index (χ1n) is 8.63. The van der Waals surface area contributed by atoms with Gasteiger partial charge in [-0.2, -0.15) is 5.26 Å². The van der Waals surface area contributed by atoms with E-state index in [-0.39, 0.29) is 23.2 Å². The Balaban J connectivity index is 1.87. The van der Waals surface area contributed by atoms with Crippen molar-refractivity contribution in [2.75, 3.05) is 7.11 Å². The molecule has 29 heavy (non-hydrogen) atoms. The molecule has 1 aliphatic heterocycles. The number of esters is 1. The van der Waals surface area contributed by atoms with Crippen molar-refractivity contribution in [3.63, 3.8) is 0 Å². The smallest absolute Gasteiger partial charge is 0.337 e. The average Bonchev–Trinajstić information content (AvgIpc) is 3.16. The van der Waals surface area contributed by atoms with Crippen molar-refractivity contribution in [2.45, 2.75) is 5.92 Å². The van der Waals surface area contributed by atoms with Crippen molar-refractivity contribution in [1.82, 2.24) is 10.2 Å². The number of hydrogen-bond donors (Lipinski definition) is 2. The van der Waals surface area contributed by atoms with Gasteiger partial charge in [0.15, 0.2) is 0 Å². The molecule has 1 unspecified atom stereocenters. The Labute approximate surface area is 165 Å². The van der Waals surface area contributed by atoms with Crippen LogP contribution < -0.4 is 10.5 Å². The predicted octanol–water partition coefficient (Wildman–Crippen LogP) is 3.22. The maximum Gasteiger partial charge on any atom is 0.337 e. The van der Waals surface area contributed by atoms with E-state index in [0.717, 1.165) is 0 Å². The van der Waals surface area contributed by atoms with Gasteiger partial charge in [0.1, 0.15) is 17.5 Å². The highest BCUT2D eigenvalue weighted by atomic mass is 19.1. The summed E-state index contributed by atoms with van der Waals surface area (Å²) in [5.74, 6) is -1.21. The van der Waals surface area contributed by atoms with Crippen LogP contribution in [0.5, 0.6) is 5.88 Å². The fourth-order valence-corrected chi connectivity index (χ4v) is 3.34. The van der Waals surface area contributed by atoms with Crippen LogP contribution in [0, 0.1) is 17.1 Å². The molecule has 1 atom stereocenters. The number of methoxy groups -OCH3 is 1. The summed E-state index contributed by atoms with van der Waals surface area (Å²) in [6.45, 7) is 0. The lowest BCUT2D eigenvalue weighted by Gasteiger charge is -2.24. The van der Waals surface area contributed by atoms with Crippen LogP contribution in [0.3, 0.4) is 0 Å². The first-order valence-corrected chi connectivity index (χ1v) is 8.63. The number of carbonyl (C=O) groups is 1. The van der Waals surface area contributed by atoms with Gasteiger partial charge in [0.25, 0.3) is 0 Å². The molecule has 3 aromatic rings. The number of fused-ring (bicyclic) bond motifs is 1. The summed E-state index contributed by atoms with van der Waals surface area (Å²) in [5, 5.41) is 16.8. The van der Waals surface area contributed by atoms with Gasteiger partial charge in [-0.1, -0.05) is 12.1 Å². The molecule has 2 heterocycles. The molecule has 0 aliphatic carbocycles. The van der Waals surface area contributed by atoms with E-state index in [1.165, 1.54) is 19.2 Å². The highest BCUT2D eigenvalue weighted by Crippen LogP contribution is 2.45. The van der Waals surface area contributed by atoms with E-state index >= 15 is 0 Å². The topological polar surface area (TPSA) is 114 Å². The van der Waals surface area contributed by atoms with Crippen LogP contribution in [-0.4, -0.2) is 23.3 Å². The Morgan fingerprint density at radius 2 is 1.93 bits per heavy atom. The van der Waals surface area contributed by atoms with Crippen LogP contribution in [0.15, 0.2) is 60.0 Å². The molecule has 0 fully saturated rings. The minimum absolute atomic E-state index is 0.0424. The molecule has 2 aromatic carbocycles. The number of benzene rings is 2. The van der Waals surface area contributed by atoms with E-state index in [2.05, 4.69) is 16.3 Å². The summed E-state index contributed by atoms with van der Waals surface area (Å²) < 4.78 is 23.6. The quantitative estimate of drug-likeness (QED) is 0.664. The molecule has 3 N–H and O–H groups in total. The van der Waals surface area contributed by atoms with Gasteiger partial charge in [-0.3, -0.25) is 5.10 Å². The minimum Gasteiger partial charge on any atom is -0.465 e. The predicted molar refractivity (Wildman–Crippen MR) is 101 cm³/mol. The molecular weight excluding hydrogens is 375 g/mol. The SMILES string of the molecule is COC(=O)c1ccc(C2C(C#N)=C(N)Oc3n[nH]c(-c4ccc(F)cc4)c32)cc1. The number of nitrogens with two attached hydrogens (primary N) is 1. The van der Waals surface area contributed by atoms with Gasteiger partial charge in [-0.05, 0) is 42.0 Å². The molecule has 0 amide bonds. The summed E-state index contributed by atoms with van der Waals surface area (Å²) in [7, 11) is 1.30. The highest BCUT2D eigenvalue weighted by molar-refractivity contribution is 5.89. The van der Waals surface area contributed by atoms with Crippen molar-refractivity contribution >= 4 is 5.97 Å². The van der Waals surface area contributed by atoms with Gasteiger partial charge in [-0.25, -0.2) is 9.18 Å². The van der Waals surface area contributed by atoms with Gasteiger partial charge < -0.3 is 15.2 Å². The number of rotatable bonds is 3. The molecule has 8 heteroatoms. The molecule has 7 nitrogen and oxygen atoms in total. The number of carbonyl (C=O) groups excluding carboxylic acids is 1. The molecule has 0 bridgehead atoms. The van der Waals surface area contributed by atoms with Crippen LogP contribution >= 0.6 is 0 Å². The molecule has 0 saturated heterocycles. The Morgan fingerprint density at radius 3 is 2.55 bits per heavy atom. The lowest BCUT2D eigenvalue weighted by Crippen LogP contribution is -2.21. The molecule has 0 spiro atoms. The fourth-order valence-electron chi connectivity index (χ4n) is 3.34. The van der Waals surface area contributed by atoms with Crippen molar-refractivity contribution < 1.29 is 18.7 Å². The second-order valence-electron chi connectivity index (χ2n) is 6.36. The summed E-state index contributed by atoms with van der Waals surface area (Å²) >= 11 is 0. The largest absolute Gasteiger partial charge is 0.465 e. The molecule has 0 radical (unpaired) electrons. The Bertz CT molecular complexity index is 1160. The van der Waals surface area contributed by atoms with Gasteiger partial charge in [0.05, 0.1) is 29.8 Å². The van der Waals surface area contributed by atoms with Crippen molar-refractivity contribution in [3.8, 4) is 23.2 Å². The second kappa shape index (κ2) is 7.13.